The van der Waals surface area contributed by atoms with Crippen molar-refractivity contribution in [3.63, 3.8) is 0 Å². The molecule has 1 aliphatic carbocycles. The van der Waals surface area contributed by atoms with Crippen LogP contribution < -0.4 is 0 Å². The maximum atomic E-state index is 9.06. The van der Waals surface area contributed by atoms with Gasteiger partial charge in [0.2, 0.25) is 5.89 Å². The third kappa shape index (κ3) is 2.65. The highest BCUT2D eigenvalue weighted by Crippen LogP contribution is 2.38. The maximum absolute atomic E-state index is 9.06. The Morgan fingerprint density at radius 1 is 1.41 bits per heavy atom. The highest BCUT2D eigenvalue weighted by molar-refractivity contribution is 5.01. The van der Waals surface area contributed by atoms with Crippen molar-refractivity contribution in [2.75, 3.05) is 26.3 Å². The fourth-order valence-corrected chi connectivity index (χ4v) is 2.06. The lowest BCUT2D eigenvalue weighted by molar-refractivity contribution is -0.0558. The van der Waals surface area contributed by atoms with Gasteiger partial charge in [-0.05, 0) is 12.8 Å². The standard InChI is InChI=1S/C11H17N3O3/c15-7-9-5-14(3-4-16-9)6-10-12-11(17-13-10)8-1-2-8/h8-9,15H,1-7H2. The van der Waals surface area contributed by atoms with Gasteiger partial charge in [0, 0.05) is 19.0 Å². The molecule has 0 radical (unpaired) electrons. The van der Waals surface area contributed by atoms with Gasteiger partial charge in [-0.3, -0.25) is 4.90 Å². The van der Waals surface area contributed by atoms with E-state index in [0.29, 0.717) is 19.1 Å². The molecule has 1 unspecified atom stereocenters. The van der Waals surface area contributed by atoms with E-state index in [-0.39, 0.29) is 12.7 Å². The molecule has 0 spiro atoms. The number of hydrogen-bond acceptors (Lipinski definition) is 6. The van der Waals surface area contributed by atoms with E-state index in [1.165, 1.54) is 12.8 Å². The van der Waals surface area contributed by atoms with E-state index in [1.54, 1.807) is 0 Å². The first-order valence-electron chi connectivity index (χ1n) is 6.12. The lowest BCUT2D eigenvalue weighted by atomic mass is 10.3. The van der Waals surface area contributed by atoms with Crippen molar-refractivity contribution in [1.82, 2.24) is 15.0 Å². The molecule has 3 rings (SSSR count). The normalized spacial score (nSPS) is 26.3. The summed E-state index contributed by atoms with van der Waals surface area (Å²) in [6, 6.07) is 0. The monoisotopic (exact) mass is 239 g/mol. The summed E-state index contributed by atoms with van der Waals surface area (Å²) in [6.07, 6.45) is 2.26. The van der Waals surface area contributed by atoms with Crippen LogP contribution >= 0.6 is 0 Å². The summed E-state index contributed by atoms with van der Waals surface area (Å²) in [4.78, 5) is 6.58. The summed E-state index contributed by atoms with van der Waals surface area (Å²) in [5.74, 6) is 2.03. The molecule has 2 heterocycles. The summed E-state index contributed by atoms with van der Waals surface area (Å²) in [5, 5.41) is 13.0. The largest absolute Gasteiger partial charge is 0.394 e. The molecule has 1 saturated carbocycles. The van der Waals surface area contributed by atoms with Gasteiger partial charge in [0.1, 0.15) is 0 Å². The van der Waals surface area contributed by atoms with Crippen LogP contribution in [-0.4, -0.2) is 52.6 Å². The zero-order valence-electron chi connectivity index (χ0n) is 9.71. The van der Waals surface area contributed by atoms with E-state index in [4.69, 9.17) is 14.4 Å². The van der Waals surface area contributed by atoms with Gasteiger partial charge in [0.25, 0.3) is 0 Å². The Balaban J connectivity index is 1.57. The molecule has 2 aliphatic rings. The molecular formula is C11H17N3O3. The van der Waals surface area contributed by atoms with Gasteiger partial charge in [-0.15, -0.1) is 0 Å². The maximum Gasteiger partial charge on any atom is 0.229 e. The Kier molecular flexibility index (Phi) is 3.09. The van der Waals surface area contributed by atoms with Crippen LogP contribution in [0.5, 0.6) is 0 Å². The fourth-order valence-electron chi connectivity index (χ4n) is 2.06. The number of morpholine rings is 1. The van der Waals surface area contributed by atoms with Gasteiger partial charge in [-0.2, -0.15) is 4.98 Å². The van der Waals surface area contributed by atoms with Crippen LogP contribution in [-0.2, 0) is 11.3 Å². The SMILES string of the molecule is OCC1CN(Cc2noc(C3CC3)n2)CCO1. The number of ether oxygens (including phenoxy) is 1. The Labute approximate surface area is 99.6 Å². The van der Waals surface area contributed by atoms with Crippen LogP contribution in [0, 0.1) is 0 Å². The third-order valence-electron chi connectivity index (χ3n) is 3.20. The van der Waals surface area contributed by atoms with Gasteiger partial charge in [0.15, 0.2) is 5.82 Å². The van der Waals surface area contributed by atoms with Crippen molar-refractivity contribution in [2.24, 2.45) is 0 Å². The number of hydrogen-bond donors (Lipinski definition) is 1. The smallest absolute Gasteiger partial charge is 0.229 e. The number of rotatable bonds is 4. The Morgan fingerprint density at radius 2 is 2.29 bits per heavy atom. The topological polar surface area (TPSA) is 71.6 Å². The third-order valence-corrected chi connectivity index (χ3v) is 3.20. The van der Waals surface area contributed by atoms with E-state index in [9.17, 15) is 0 Å². The van der Waals surface area contributed by atoms with Crippen molar-refractivity contribution < 1.29 is 14.4 Å². The van der Waals surface area contributed by atoms with Crippen LogP contribution in [0.2, 0.25) is 0 Å². The molecule has 94 valence electrons. The van der Waals surface area contributed by atoms with E-state index in [0.717, 1.165) is 24.8 Å². The summed E-state index contributed by atoms with van der Waals surface area (Å²) >= 11 is 0. The average molecular weight is 239 g/mol. The molecule has 0 amide bonds. The number of nitrogens with zero attached hydrogens (tertiary/aromatic N) is 3. The van der Waals surface area contributed by atoms with Crippen molar-refractivity contribution in [3.8, 4) is 0 Å². The van der Waals surface area contributed by atoms with E-state index < -0.39 is 0 Å². The number of aliphatic hydroxyl groups is 1. The van der Waals surface area contributed by atoms with Crippen LogP contribution in [0.4, 0.5) is 0 Å². The molecule has 17 heavy (non-hydrogen) atoms. The second kappa shape index (κ2) is 4.72. The summed E-state index contributed by atoms with van der Waals surface area (Å²) < 4.78 is 10.6. The van der Waals surface area contributed by atoms with Crippen molar-refractivity contribution in [1.29, 1.82) is 0 Å². The average Bonchev–Trinajstić information content (AvgIpc) is 3.11. The van der Waals surface area contributed by atoms with Crippen molar-refractivity contribution >= 4 is 0 Å². The first-order chi connectivity index (χ1) is 8.35. The van der Waals surface area contributed by atoms with Crippen molar-refractivity contribution in [3.05, 3.63) is 11.7 Å². The molecular weight excluding hydrogens is 222 g/mol. The lowest BCUT2D eigenvalue weighted by Crippen LogP contribution is -2.43. The summed E-state index contributed by atoms with van der Waals surface area (Å²) in [7, 11) is 0. The molecule has 0 bridgehead atoms. The van der Waals surface area contributed by atoms with Crippen LogP contribution in [0.3, 0.4) is 0 Å². The lowest BCUT2D eigenvalue weighted by Gasteiger charge is -2.30. The molecule has 2 fully saturated rings. The second-order valence-electron chi connectivity index (χ2n) is 4.73. The molecule has 1 aliphatic heterocycles. The van der Waals surface area contributed by atoms with Gasteiger partial charge in [0.05, 0.1) is 25.9 Å². The van der Waals surface area contributed by atoms with Crippen molar-refractivity contribution in [2.45, 2.75) is 31.4 Å². The Morgan fingerprint density at radius 3 is 3.06 bits per heavy atom. The summed E-state index contributed by atoms with van der Waals surface area (Å²) in [6.45, 7) is 2.97. The minimum atomic E-state index is -0.0847. The molecule has 1 aromatic rings. The molecule has 0 aromatic carbocycles. The fraction of sp³-hybridized carbons (Fsp3) is 0.818. The highest BCUT2D eigenvalue weighted by Gasteiger charge is 2.30. The Bertz CT molecular complexity index is 378. The van der Waals surface area contributed by atoms with Crippen LogP contribution in [0.25, 0.3) is 0 Å². The first kappa shape index (κ1) is 11.1. The van der Waals surface area contributed by atoms with Gasteiger partial charge < -0.3 is 14.4 Å². The zero-order chi connectivity index (χ0) is 11.7. The quantitative estimate of drug-likeness (QED) is 0.806. The molecule has 1 saturated heterocycles. The Hall–Kier alpha value is -0.980. The number of aromatic nitrogens is 2. The van der Waals surface area contributed by atoms with Gasteiger partial charge in [-0.1, -0.05) is 5.16 Å². The molecule has 6 nitrogen and oxygen atoms in total. The number of aliphatic hydroxyl groups excluding tert-OH is 1. The first-order valence-corrected chi connectivity index (χ1v) is 6.12. The van der Waals surface area contributed by atoms with E-state index in [1.807, 2.05) is 0 Å². The summed E-state index contributed by atoms with van der Waals surface area (Å²) in [5.41, 5.74) is 0. The predicted molar refractivity (Wildman–Crippen MR) is 58.4 cm³/mol. The van der Waals surface area contributed by atoms with Gasteiger partial charge >= 0.3 is 0 Å². The molecule has 1 aromatic heterocycles. The van der Waals surface area contributed by atoms with Gasteiger partial charge in [-0.25, -0.2) is 0 Å². The van der Waals surface area contributed by atoms with Crippen LogP contribution in [0.1, 0.15) is 30.5 Å². The van der Waals surface area contributed by atoms with E-state index >= 15 is 0 Å². The molecule has 1 N–H and O–H groups in total. The minimum absolute atomic E-state index is 0.0655. The van der Waals surface area contributed by atoms with E-state index in [2.05, 4.69) is 15.0 Å². The molecule has 1 atom stereocenters. The predicted octanol–water partition coefficient (Wildman–Crippen LogP) is 0.140. The van der Waals surface area contributed by atoms with Crippen LogP contribution in [0.15, 0.2) is 4.52 Å². The zero-order valence-corrected chi connectivity index (χ0v) is 9.71. The highest BCUT2D eigenvalue weighted by atomic mass is 16.5. The molecule has 6 heteroatoms. The minimum Gasteiger partial charge on any atom is -0.394 e. The second-order valence-corrected chi connectivity index (χ2v) is 4.73.